The van der Waals surface area contributed by atoms with E-state index in [1.165, 1.54) is 30.0 Å². The molecule has 1 heterocycles. The van der Waals surface area contributed by atoms with E-state index >= 15 is 0 Å². The van der Waals surface area contributed by atoms with E-state index in [-0.39, 0.29) is 16.8 Å². The first-order chi connectivity index (χ1) is 15.3. The second-order valence-electron chi connectivity index (χ2n) is 6.99. The Balaban J connectivity index is 1.56. The van der Waals surface area contributed by atoms with Crippen molar-refractivity contribution in [2.75, 3.05) is 10.6 Å². The molecule has 0 saturated carbocycles. The number of thioether (sulfide) groups is 1. The Bertz CT molecular complexity index is 1220. The highest BCUT2D eigenvalue weighted by molar-refractivity contribution is 8.01. The van der Waals surface area contributed by atoms with Crippen molar-refractivity contribution in [2.45, 2.75) is 15.5 Å². The van der Waals surface area contributed by atoms with Gasteiger partial charge in [0.15, 0.2) is 0 Å². The predicted molar refractivity (Wildman–Crippen MR) is 126 cm³/mol. The number of halogens is 2. The fourth-order valence-corrected chi connectivity index (χ4v) is 5.12. The molecule has 0 bridgehead atoms. The first-order valence-electron chi connectivity index (χ1n) is 9.48. The second-order valence-corrected chi connectivity index (χ2v) is 9.08. The molecule has 32 heavy (non-hydrogen) atoms. The summed E-state index contributed by atoms with van der Waals surface area (Å²) in [4.78, 5) is 38.2. The zero-order valence-electron chi connectivity index (χ0n) is 16.3. The molecule has 3 N–H and O–H groups in total. The van der Waals surface area contributed by atoms with Crippen molar-refractivity contribution in [2.24, 2.45) is 0 Å². The maximum absolute atomic E-state index is 13.0. The van der Waals surface area contributed by atoms with Crippen molar-refractivity contribution in [3.63, 3.8) is 0 Å². The zero-order chi connectivity index (χ0) is 22.8. The summed E-state index contributed by atoms with van der Waals surface area (Å²) in [6.07, 6.45) is 0. The molecule has 6 nitrogen and oxygen atoms in total. The van der Waals surface area contributed by atoms with Crippen LogP contribution < -0.4 is 10.6 Å². The standard InChI is InChI=1S/C23H16Cl2N2O4S/c24-13-6-8-14(9-7-13)26-21(28)12-5-10-15(23(30)31)17(11-12)27-22(29)20-19(25)16-3-1-2-4-18(16)32-20/h1-11,19-20H,(H,26,28)(H,27,29)(H,30,31). The molecule has 2 unspecified atom stereocenters. The van der Waals surface area contributed by atoms with Gasteiger partial charge in [0.05, 0.1) is 16.6 Å². The molecule has 2 atom stereocenters. The Hall–Kier alpha value is -3.00. The third-order valence-electron chi connectivity index (χ3n) is 4.87. The first kappa shape index (κ1) is 22.2. The van der Waals surface area contributed by atoms with E-state index in [9.17, 15) is 19.5 Å². The lowest BCUT2D eigenvalue weighted by Crippen LogP contribution is -2.27. The summed E-state index contributed by atoms with van der Waals surface area (Å²) in [7, 11) is 0. The van der Waals surface area contributed by atoms with Crippen molar-refractivity contribution in [3.8, 4) is 0 Å². The molecule has 9 heteroatoms. The number of aromatic carboxylic acids is 1. The summed E-state index contributed by atoms with van der Waals surface area (Å²) < 4.78 is 0. The average molecular weight is 487 g/mol. The maximum Gasteiger partial charge on any atom is 0.337 e. The number of benzene rings is 3. The molecule has 0 aliphatic carbocycles. The highest BCUT2D eigenvalue weighted by Crippen LogP contribution is 2.47. The van der Waals surface area contributed by atoms with Crippen LogP contribution >= 0.6 is 35.0 Å². The minimum Gasteiger partial charge on any atom is -0.478 e. The van der Waals surface area contributed by atoms with E-state index in [0.29, 0.717) is 10.7 Å². The number of hydrogen-bond donors (Lipinski definition) is 3. The molecule has 4 rings (SSSR count). The lowest BCUT2D eigenvalue weighted by atomic mass is 10.1. The molecular formula is C23H16Cl2N2O4S. The Morgan fingerprint density at radius 2 is 1.66 bits per heavy atom. The van der Waals surface area contributed by atoms with E-state index in [2.05, 4.69) is 10.6 Å². The van der Waals surface area contributed by atoms with Gasteiger partial charge in [0.25, 0.3) is 5.91 Å². The summed E-state index contributed by atoms with van der Waals surface area (Å²) in [5.41, 5.74) is 1.45. The molecule has 0 aromatic heterocycles. The molecule has 0 radical (unpaired) electrons. The molecule has 162 valence electrons. The van der Waals surface area contributed by atoms with Gasteiger partial charge in [-0.1, -0.05) is 29.8 Å². The van der Waals surface area contributed by atoms with Crippen molar-refractivity contribution < 1.29 is 19.5 Å². The van der Waals surface area contributed by atoms with Crippen LogP contribution in [-0.4, -0.2) is 28.1 Å². The van der Waals surface area contributed by atoms with Gasteiger partial charge < -0.3 is 15.7 Å². The quantitative estimate of drug-likeness (QED) is 0.403. The van der Waals surface area contributed by atoms with Gasteiger partial charge in [-0.05, 0) is 54.1 Å². The van der Waals surface area contributed by atoms with Crippen LogP contribution in [0.25, 0.3) is 0 Å². The zero-order valence-corrected chi connectivity index (χ0v) is 18.7. The first-order valence-corrected chi connectivity index (χ1v) is 11.2. The normalized spacial score (nSPS) is 16.8. The molecule has 0 saturated heterocycles. The van der Waals surface area contributed by atoms with Gasteiger partial charge in [-0.2, -0.15) is 0 Å². The molecule has 2 amide bonds. The van der Waals surface area contributed by atoms with Crippen molar-refractivity contribution in [1.82, 2.24) is 0 Å². The Morgan fingerprint density at radius 1 is 0.938 bits per heavy atom. The van der Waals surface area contributed by atoms with Gasteiger partial charge in [-0.25, -0.2) is 4.79 Å². The molecule has 0 fully saturated rings. The molecule has 1 aliphatic rings. The smallest absolute Gasteiger partial charge is 0.337 e. The fraction of sp³-hybridized carbons (Fsp3) is 0.0870. The number of carbonyl (C=O) groups is 3. The number of rotatable bonds is 5. The average Bonchev–Trinajstić information content (AvgIpc) is 3.12. The van der Waals surface area contributed by atoms with Gasteiger partial charge in [-0.15, -0.1) is 23.4 Å². The maximum atomic E-state index is 13.0. The lowest BCUT2D eigenvalue weighted by molar-refractivity contribution is -0.115. The Labute approximate surface area is 197 Å². The van der Waals surface area contributed by atoms with Crippen molar-refractivity contribution in [3.05, 3.63) is 88.4 Å². The highest BCUT2D eigenvalue weighted by atomic mass is 35.5. The summed E-state index contributed by atoms with van der Waals surface area (Å²) in [6, 6.07) is 18.0. The van der Waals surface area contributed by atoms with Crippen LogP contribution in [0.15, 0.2) is 71.6 Å². The number of carbonyl (C=O) groups excluding carboxylic acids is 2. The largest absolute Gasteiger partial charge is 0.478 e. The third-order valence-corrected chi connectivity index (χ3v) is 7.12. The second kappa shape index (κ2) is 9.24. The molecular weight excluding hydrogens is 471 g/mol. The number of carboxylic acids is 1. The van der Waals surface area contributed by atoms with Gasteiger partial charge in [0.2, 0.25) is 5.91 Å². The SMILES string of the molecule is O=C(Nc1ccc(Cl)cc1)c1ccc(C(=O)O)c(NC(=O)C2Sc3ccccc3C2Cl)c1. The molecule has 0 spiro atoms. The number of amides is 2. The van der Waals surface area contributed by atoms with E-state index in [1.807, 2.05) is 24.3 Å². The molecule has 1 aliphatic heterocycles. The van der Waals surface area contributed by atoms with Crippen LogP contribution in [0.1, 0.15) is 31.7 Å². The lowest BCUT2D eigenvalue weighted by Gasteiger charge is -2.16. The summed E-state index contributed by atoms with van der Waals surface area (Å²) in [6.45, 7) is 0. The van der Waals surface area contributed by atoms with Gasteiger partial charge in [0.1, 0.15) is 5.25 Å². The van der Waals surface area contributed by atoms with E-state index < -0.39 is 28.4 Å². The van der Waals surface area contributed by atoms with E-state index in [1.54, 1.807) is 24.3 Å². The van der Waals surface area contributed by atoms with E-state index in [0.717, 1.165) is 10.5 Å². The summed E-state index contributed by atoms with van der Waals surface area (Å²) in [5, 5.41) is 14.2. The number of fused-ring (bicyclic) bond motifs is 1. The van der Waals surface area contributed by atoms with Crippen molar-refractivity contribution in [1.29, 1.82) is 0 Å². The van der Waals surface area contributed by atoms with Crippen LogP contribution in [0, 0.1) is 0 Å². The van der Waals surface area contributed by atoms with Crippen LogP contribution in [0.4, 0.5) is 11.4 Å². The summed E-state index contributed by atoms with van der Waals surface area (Å²) in [5.74, 6) is -2.13. The number of anilines is 2. The van der Waals surface area contributed by atoms with Crippen LogP contribution in [0.3, 0.4) is 0 Å². The monoisotopic (exact) mass is 486 g/mol. The molecule has 3 aromatic rings. The van der Waals surface area contributed by atoms with Crippen LogP contribution in [0.2, 0.25) is 5.02 Å². The minimum atomic E-state index is -1.23. The van der Waals surface area contributed by atoms with Crippen LogP contribution in [-0.2, 0) is 4.79 Å². The van der Waals surface area contributed by atoms with Crippen LogP contribution in [0.5, 0.6) is 0 Å². The number of alkyl halides is 1. The molecule has 3 aromatic carbocycles. The van der Waals surface area contributed by atoms with Gasteiger partial charge in [-0.3, -0.25) is 9.59 Å². The van der Waals surface area contributed by atoms with Crippen molar-refractivity contribution >= 4 is 64.1 Å². The number of carboxylic acid groups (broad SMARTS) is 1. The minimum absolute atomic E-state index is 0.0201. The van der Waals surface area contributed by atoms with E-state index in [4.69, 9.17) is 23.2 Å². The van der Waals surface area contributed by atoms with Gasteiger partial charge in [0, 0.05) is 21.2 Å². The summed E-state index contributed by atoms with van der Waals surface area (Å²) >= 11 is 13.7. The highest BCUT2D eigenvalue weighted by Gasteiger charge is 2.37. The number of nitrogens with one attached hydrogen (secondary N) is 2. The Kier molecular flexibility index (Phi) is 6.41. The third kappa shape index (κ3) is 4.60. The van der Waals surface area contributed by atoms with Gasteiger partial charge >= 0.3 is 5.97 Å². The Morgan fingerprint density at radius 3 is 2.34 bits per heavy atom. The number of hydrogen-bond acceptors (Lipinski definition) is 4. The fourth-order valence-electron chi connectivity index (χ4n) is 3.28. The predicted octanol–water partition coefficient (Wildman–Crippen LogP) is 5.68. The topological polar surface area (TPSA) is 95.5 Å².